The van der Waals surface area contributed by atoms with Crippen LogP contribution in [0.2, 0.25) is 0 Å². The number of nitrogens with zero attached hydrogens (tertiary/aromatic N) is 1. The lowest BCUT2D eigenvalue weighted by molar-refractivity contribution is 0.102. The summed E-state index contributed by atoms with van der Waals surface area (Å²) in [6.45, 7) is 3.31. The van der Waals surface area contributed by atoms with Crippen molar-refractivity contribution in [2.24, 2.45) is 0 Å². The van der Waals surface area contributed by atoms with E-state index in [1.54, 1.807) is 0 Å². The Hall–Kier alpha value is -3.11. The van der Waals surface area contributed by atoms with Crippen LogP contribution in [-0.2, 0) is 6.54 Å². The first-order chi connectivity index (χ1) is 14.3. The Kier molecular flexibility index (Phi) is 6.22. The van der Waals surface area contributed by atoms with E-state index in [4.69, 9.17) is 4.74 Å². The zero-order valence-electron chi connectivity index (χ0n) is 16.5. The van der Waals surface area contributed by atoms with Gasteiger partial charge in [-0.1, -0.05) is 36.8 Å². The molecule has 0 aliphatic carbocycles. The van der Waals surface area contributed by atoms with Crippen molar-refractivity contribution in [2.45, 2.75) is 25.8 Å². The minimum absolute atomic E-state index is 0.105. The maximum absolute atomic E-state index is 12.5. The van der Waals surface area contributed by atoms with Gasteiger partial charge in [-0.3, -0.25) is 9.69 Å². The fraction of sp³-hybridized carbons (Fsp3) is 0.240. The molecule has 1 fully saturated rings. The molecular formula is C25H26N2O2. The van der Waals surface area contributed by atoms with Crippen LogP contribution in [0.1, 0.15) is 35.2 Å². The van der Waals surface area contributed by atoms with Crippen LogP contribution in [0.25, 0.3) is 0 Å². The van der Waals surface area contributed by atoms with E-state index in [2.05, 4.69) is 22.3 Å². The van der Waals surface area contributed by atoms with Crippen LogP contribution in [0.3, 0.4) is 0 Å². The molecule has 0 unspecified atom stereocenters. The zero-order chi connectivity index (χ0) is 19.9. The number of amides is 1. The summed E-state index contributed by atoms with van der Waals surface area (Å²) in [5.41, 5.74) is 2.66. The topological polar surface area (TPSA) is 41.6 Å². The number of para-hydroxylation sites is 1. The normalized spacial score (nSPS) is 14.3. The fourth-order valence-electron chi connectivity index (χ4n) is 3.57. The van der Waals surface area contributed by atoms with Crippen LogP contribution in [0, 0.1) is 0 Å². The van der Waals surface area contributed by atoms with Gasteiger partial charge >= 0.3 is 0 Å². The highest BCUT2D eigenvalue weighted by atomic mass is 16.5. The molecule has 1 amide bonds. The molecule has 1 N–H and O–H groups in total. The van der Waals surface area contributed by atoms with Crippen LogP contribution < -0.4 is 10.1 Å². The third-order valence-electron chi connectivity index (χ3n) is 5.16. The lowest BCUT2D eigenvalue weighted by atomic mass is 10.1. The smallest absolute Gasteiger partial charge is 0.255 e. The van der Waals surface area contributed by atoms with Crippen LogP contribution in [0.5, 0.6) is 11.5 Å². The van der Waals surface area contributed by atoms with E-state index in [-0.39, 0.29) is 5.91 Å². The number of anilines is 1. The monoisotopic (exact) mass is 386 g/mol. The van der Waals surface area contributed by atoms with E-state index in [0.717, 1.165) is 23.7 Å². The zero-order valence-corrected chi connectivity index (χ0v) is 16.5. The second-order valence-corrected chi connectivity index (χ2v) is 7.43. The van der Waals surface area contributed by atoms with E-state index >= 15 is 0 Å². The number of carbonyl (C=O) groups is 1. The summed E-state index contributed by atoms with van der Waals surface area (Å²) < 4.78 is 5.78. The van der Waals surface area contributed by atoms with Crippen molar-refractivity contribution in [2.75, 3.05) is 18.4 Å². The second-order valence-electron chi connectivity index (χ2n) is 7.43. The van der Waals surface area contributed by atoms with Crippen molar-refractivity contribution in [1.82, 2.24) is 4.90 Å². The maximum atomic E-state index is 12.5. The van der Waals surface area contributed by atoms with E-state index in [9.17, 15) is 4.79 Å². The van der Waals surface area contributed by atoms with Crippen molar-refractivity contribution in [3.63, 3.8) is 0 Å². The van der Waals surface area contributed by atoms with Gasteiger partial charge in [-0.2, -0.15) is 0 Å². The van der Waals surface area contributed by atoms with Crippen molar-refractivity contribution < 1.29 is 9.53 Å². The van der Waals surface area contributed by atoms with Gasteiger partial charge in [0.1, 0.15) is 11.5 Å². The molecule has 3 aromatic rings. The summed E-state index contributed by atoms with van der Waals surface area (Å²) in [5.74, 6) is 1.41. The van der Waals surface area contributed by atoms with Gasteiger partial charge in [-0.15, -0.1) is 0 Å². The van der Waals surface area contributed by atoms with Crippen LogP contribution in [0.4, 0.5) is 5.69 Å². The maximum Gasteiger partial charge on any atom is 0.255 e. The van der Waals surface area contributed by atoms with Crippen molar-refractivity contribution >= 4 is 11.6 Å². The first kappa shape index (κ1) is 19.2. The molecular weight excluding hydrogens is 360 g/mol. The molecule has 1 heterocycles. The molecule has 4 rings (SSSR count). The number of ether oxygens (including phenoxy) is 1. The van der Waals surface area contributed by atoms with E-state index in [1.807, 2.05) is 66.7 Å². The van der Waals surface area contributed by atoms with E-state index in [1.165, 1.54) is 37.9 Å². The lowest BCUT2D eigenvalue weighted by Crippen LogP contribution is -2.29. The molecule has 0 atom stereocenters. The van der Waals surface area contributed by atoms with Crippen LogP contribution in [0.15, 0.2) is 78.9 Å². The number of nitrogens with one attached hydrogen (secondary N) is 1. The fourth-order valence-corrected chi connectivity index (χ4v) is 3.57. The Balaban J connectivity index is 1.32. The number of hydrogen-bond acceptors (Lipinski definition) is 3. The molecule has 1 aliphatic rings. The quantitative estimate of drug-likeness (QED) is 0.589. The highest BCUT2D eigenvalue weighted by Crippen LogP contribution is 2.23. The molecule has 1 saturated heterocycles. The summed E-state index contributed by atoms with van der Waals surface area (Å²) >= 11 is 0. The first-order valence-corrected chi connectivity index (χ1v) is 10.2. The molecule has 4 heteroatoms. The van der Waals surface area contributed by atoms with Gasteiger partial charge in [-0.25, -0.2) is 0 Å². The number of rotatable bonds is 6. The highest BCUT2D eigenvalue weighted by Gasteiger charge is 2.11. The molecule has 148 valence electrons. The Morgan fingerprint density at radius 3 is 2.14 bits per heavy atom. The molecule has 0 radical (unpaired) electrons. The predicted octanol–water partition coefficient (Wildman–Crippen LogP) is 5.72. The lowest BCUT2D eigenvalue weighted by Gasteiger charge is -2.26. The van der Waals surface area contributed by atoms with Gasteiger partial charge in [0, 0.05) is 17.8 Å². The van der Waals surface area contributed by atoms with Crippen molar-refractivity contribution in [3.05, 3.63) is 90.0 Å². The molecule has 3 aromatic carbocycles. The number of likely N-dealkylation sites (tertiary alicyclic amines) is 1. The summed E-state index contributed by atoms with van der Waals surface area (Å²) in [7, 11) is 0. The van der Waals surface area contributed by atoms with Gasteiger partial charge < -0.3 is 10.1 Å². The summed E-state index contributed by atoms with van der Waals surface area (Å²) in [5, 5.41) is 2.95. The van der Waals surface area contributed by atoms with Gasteiger partial charge in [0.15, 0.2) is 0 Å². The minimum atomic E-state index is -0.105. The minimum Gasteiger partial charge on any atom is -0.457 e. The molecule has 0 aromatic heterocycles. The Morgan fingerprint density at radius 2 is 1.45 bits per heavy atom. The van der Waals surface area contributed by atoms with Gasteiger partial charge in [-0.05, 0) is 80.0 Å². The number of carbonyl (C=O) groups excluding carboxylic acids is 1. The van der Waals surface area contributed by atoms with E-state index < -0.39 is 0 Å². The summed E-state index contributed by atoms with van der Waals surface area (Å²) in [6.07, 6.45) is 3.92. The van der Waals surface area contributed by atoms with Crippen LogP contribution >= 0.6 is 0 Å². The Morgan fingerprint density at radius 1 is 0.793 bits per heavy atom. The average Bonchev–Trinajstić information content (AvgIpc) is 2.77. The largest absolute Gasteiger partial charge is 0.457 e. The first-order valence-electron chi connectivity index (χ1n) is 10.2. The summed E-state index contributed by atoms with van der Waals surface area (Å²) in [4.78, 5) is 15.0. The van der Waals surface area contributed by atoms with Gasteiger partial charge in [0.2, 0.25) is 0 Å². The molecule has 29 heavy (non-hydrogen) atoms. The third-order valence-corrected chi connectivity index (χ3v) is 5.16. The molecule has 0 bridgehead atoms. The Labute approximate surface area is 172 Å². The summed E-state index contributed by atoms with van der Waals surface area (Å²) in [6, 6.07) is 24.9. The predicted molar refractivity (Wildman–Crippen MR) is 116 cm³/mol. The van der Waals surface area contributed by atoms with Crippen molar-refractivity contribution in [3.8, 4) is 11.5 Å². The number of hydrogen-bond donors (Lipinski definition) is 1. The number of benzene rings is 3. The SMILES string of the molecule is O=C(Nc1ccc(Oc2ccccc2)cc1)c1ccc(CN2CCCCC2)cc1. The Bertz CT molecular complexity index is 915. The van der Waals surface area contributed by atoms with Gasteiger partial charge in [0.25, 0.3) is 5.91 Å². The third kappa shape index (κ3) is 5.46. The number of piperidine rings is 1. The average molecular weight is 386 g/mol. The second kappa shape index (κ2) is 9.39. The van der Waals surface area contributed by atoms with Crippen LogP contribution in [-0.4, -0.2) is 23.9 Å². The van der Waals surface area contributed by atoms with E-state index in [0.29, 0.717) is 5.56 Å². The molecule has 1 aliphatic heterocycles. The highest BCUT2D eigenvalue weighted by molar-refractivity contribution is 6.04. The standard InChI is InChI=1S/C25H26N2O2/c28-25(21-11-9-20(10-12-21)19-27-17-5-2-6-18-27)26-22-13-15-24(16-14-22)29-23-7-3-1-4-8-23/h1,3-4,7-16H,2,5-6,17-19H2,(H,26,28). The van der Waals surface area contributed by atoms with Gasteiger partial charge in [0.05, 0.1) is 0 Å². The molecule has 0 spiro atoms. The molecule has 4 nitrogen and oxygen atoms in total. The molecule has 0 saturated carbocycles. The van der Waals surface area contributed by atoms with Crippen molar-refractivity contribution in [1.29, 1.82) is 0 Å².